The molecule has 0 aliphatic carbocycles. The van der Waals surface area contributed by atoms with Gasteiger partial charge in [-0.1, -0.05) is 36.4 Å². The molecule has 0 aliphatic rings. The topological polar surface area (TPSA) is 91.0 Å². The Morgan fingerprint density at radius 2 is 2.00 bits per heavy atom. The van der Waals surface area contributed by atoms with Gasteiger partial charge in [-0.05, 0) is 27.4 Å². The zero-order chi connectivity index (χ0) is 14.9. The molecule has 0 radical (unpaired) electrons. The summed E-state index contributed by atoms with van der Waals surface area (Å²) in [4.78, 5) is 14.1. The Labute approximate surface area is 126 Å². The van der Waals surface area contributed by atoms with Crippen LogP contribution in [0.5, 0.6) is 5.88 Å². The number of fused-ring (bicyclic) bond motifs is 2. The second-order valence-electron chi connectivity index (χ2n) is 5.02. The Morgan fingerprint density at radius 1 is 1.14 bits per heavy atom. The number of nitrogens with zero attached hydrogens (tertiary/aromatic N) is 2. The van der Waals surface area contributed by atoms with Crippen LogP contribution in [-0.2, 0) is 6.61 Å². The fourth-order valence-corrected chi connectivity index (χ4v) is 2.45. The number of imidazole rings is 1. The highest BCUT2D eigenvalue weighted by atomic mass is 16.5. The third kappa shape index (κ3) is 2.20. The highest BCUT2D eigenvalue weighted by Crippen LogP contribution is 2.19. The van der Waals surface area contributed by atoms with Gasteiger partial charge < -0.3 is 9.72 Å². The maximum atomic E-state index is 5.85. The molecule has 0 fully saturated rings. The summed E-state index contributed by atoms with van der Waals surface area (Å²) in [5.74, 6) is 0.807. The molecular weight excluding hydrogens is 278 g/mol. The molecule has 6 nitrogen and oxygen atoms in total. The molecule has 0 bridgehead atoms. The van der Waals surface area contributed by atoms with E-state index >= 15 is 0 Å². The van der Waals surface area contributed by atoms with Gasteiger partial charge in [-0.2, -0.15) is 0 Å². The summed E-state index contributed by atoms with van der Waals surface area (Å²) in [5.41, 5.74) is 8.04. The lowest BCUT2D eigenvalue weighted by Crippen LogP contribution is -2.17. The summed E-state index contributed by atoms with van der Waals surface area (Å²) < 4.78 is 5.85. The van der Waals surface area contributed by atoms with Crippen LogP contribution in [0.1, 0.15) is 5.56 Å². The standard InChI is InChI=1S/C16H13N5O/c17-16-20-14-13(18-9-19-14)15(21-16)22-8-10-5-6-11-3-1-2-4-12(11)7-10/h1-7,9H,8H2,(H3,17,18,19,20,21)/p+1. The van der Waals surface area contributed by atoms with Crippen LogP contribution in [0, 0.1) is 0 Å². The molecule has 2 heterocycles. The van der Waals surface area contributed by atoms with Crippen molar-refractivity contribution < 1.29 is 9.72 Å². The minimum absolute atomic E-state index is 0.271. The predicted molar refractivity (Wildman–Crippen MR) is 83.1 cm³/mol. The van der Waals surface area contributed by atoms with E-state index in [9.17, 15) is 0 Å². The van der Waals surface area contributed by atoms with Crippen molar-refractivity contribution in [1.29, 1.82) is 0 Å². The normalized spacial score (nSPS) is 11.1. The van der Waals surface area contributed by atoms with Crippen molar-refractivity contribution in [1.82, 2.24) is 15.0 Å². The second-order valence-corrected chi connectivity index (χ2v) is 5.02. The molecule has 108 valence electrons. The van der Waals surface area contributed by atoms with E-state index in [0.717, 1.165) is 5.56 Å². The van der Waals surface area contributed by atoms with Crippen LogP contribution >= 0.6 is 0 Å². The summed E-state index contributed by atoms with van der Waals surface area (Å²) in [6, 6.07) is 14.5. The van der Waals surface area contributed by atoms with E-state index in [1.807, 2.05) is 12.1 Å². The number of hydrogen-bond donors (Lipinski definition) is 2. The van der Waals surface area contributed by atoms with Gasteiger partial charge in [-0.3, -0.25) is 5.73 Å². The molecule has 4 rings (SSSR count). The van der Waals surface area contributed by atoms with E-state index in [0.29, 0.717) is 23.7 Å². The van der Waals surface area contributed by atoms with Gasteiger partial charge in [0.1, 0.15) is 6.61 Å². The number of benzene rings is 2. The molecule has 0 atom stereocenters. The third-order valence-corrected chi connectivity index (χ3v) is 3.51. The van der Waals surface area contributed by atoms with Gasteiger partial charge in [0.2, 0.25) is 0 Å². The quantitative estimate of drug-likeness (QED) is 0.605. The minimum atomic E-state index is 0.271. The van der Waals surface area contributed by atoms with Crippen LogP contribution < -0.4 is 15.5 Å². The summed E-state index contributed by atoms with van der Waals surface area (Å²) in [6.45, 7) is 0.429. The summed E-state index contributed by atoms with van der Waals surface area (Å²) in [6.07, 6.45) is 1.56. The van der Waals surface area contributed by atoms with E-state index in [1.165, 1.54) is 10.8 Å². The number of ether oxygens (including phenoxy) is 1. The number of hydrogen-bond acceptors (Lipinski definition) is 4. The molecule has 0 saturated heterocycles. The molecule has 22 heavy (non-hydrogen) atoms. The molecular formula is C16H14N5O+. The lowest BCUT2D eigenvalue weighted by Gasteiger charge is -2.06. The third-order valence-electron chi connectivity index (χ3n) is 3.51. The van der Waals surface area contributed by atoms with E-state index in [-0.39, 0.29) is 5.95 Å². The van der Waals surface area contributed by atoms with Gasteiger partial charge in [0.25, 0.3) is 11.5 Å². The van der Waals surface area contributed by atoms with Crippen LogP contribution in [-0.4, -0.2) is 15.0 Å². The lowest BCUT2D eigenvalue weighted by atomic mass is 10.1. The molecule has 0 amide bonds. The zero-order valence-corrected chi connectivity index (χ0v) is 11.7. The van der Waals surface area contributed by atoms with Crippen molar-refractivity contribution in [3.05, 3.63) is 54.4 Å². The number of nitrogen functional groups attached to an aromatic ring is 1. The first kappa shape index (κ1) is 12.6. The average Bonchev–Trinajstić information content (AvgIpc) is 3.00. The molecule has 6 heteroatoms. The number of aromatic amines is 2. The van der Waals surface area contributed by atoms with E-state index < -0.39 is 0 Å². The van der Waals surface area contributed by atoms with Gasteiger partial charge in [0, 0.05) is 0 Å². The van der Waals surface area contributed by atoms with Crippen LogP contribution in [0.3, 0.4) is 0 Å². The number of nitrogens with one attached hydrogen (secondary N) is 2. The van der Waals surface area contributed by atoms with Crippen molar-refractivity contribution in [3.63, 3.8) is 0 Å². The highest BCUT2D eigenvalue weighted by Gasteiger charge is 2.14. The first-order valence-electron chi connectivity index (χ1n) is 6.92. The van der Waals surface area contributed by atoms with Gasteiger partial charge in [0.15, 0.2) is 5.52 Å². The molecule has 0 unspecified atom stereocenters. The Morgan fingerprint density at radius 3 is 2.91 bits per heavy atom. The Balaban J connectivity index is 1.63. The van der Waals surface area contributed by atoms with Crippen LogP contribution in [0.25, 0.3) is 21.9 Å². The molecule has 4 N–H and O–H groups in total. The molecule has 2 aromatic carbocycles. The number of rotatable bonds is 3. The van der Waals surface area contributed by atoms with Crippen molar-refractivity contribution in [2.75, 3.05) is 5.73 Å². The van der Waals surface area contributed by atoms with Crippen molar-refractivity contribution in [2.45, 2.75) is 6.61 Å². The fraction of sp³-hybridized carbons (Fsp3) is 0.0625. The smallest absolute Gasteiger partial charge is 0.392 e. The Kier molecular flexibility index (Phi) is 2.86. The fourth-order valence-electron chi connectivity index (χ4n) is 2.45. The maximum absolute atomic E-state index is 5.85. The maximum Gasteiger partial charge on any atom is 0.392 e. The van der Waals surface area contributed by atoms with E-state index in [2.05, 4.69) is 50.3 Å². The first-order chi connectivity index (χ1) is 10.8. The monoisotopic (exact) mass is 292 g/mol. The first-order valence-corrected chi connectivity index (χ1v) is 6.92. The van der Waals surface area contributed by atoms with Gasteiger partial charge in [0.05, 0.1) is 6.33 Å². The largest absolute Gasteiger partial charge is 0.461 e. The Bertz CT molecular complexity index is 963. The van der Waals surface area contributed by atoms with Gasteiger partial charge in [-0.25, -0.2) is 9.97 Å². The van der Waals surface area contributed by atoms with Crippen molar-refractivity contribution >= 4 is 27.9 Å². The highest BCUT2D eigenvalue weighted by molar-refractivity contribution is 5.83. The summed E-state index contributed by atoms with van der Waals surface area (Å²) in [5, 5.41) is 2.40. The second kappa shape index (κ2) is 5.00. The SMILES string of the molecule is Nc1nc2nc[nH]c2c(OCc2ccc3ccccc3c2)[nH+]1. The zero-order valence-electron chi connectivity index (χ0n) is 11.7. The van der Waals surface area contributed by atoms with E-state index in [4.69, 9.17) is 10.5 Å². The number of nitrogens with two attached hydrogens (primary N) is 1. The minimum Gasteiger partial charge on any atom is -0.461 e. The molecule has 0 aliphatic heterocycles. The number of H-pyrrole nitrogens is 2. The van der Waals surface area contributed by atoms with Crippen LogP contribution in [0.2, 0.25) is 0 Å². The molecule has 0 saturated carbocycles. The Hall–Kier alpha value is -3.15. The summed E-state index contributed by atoms with van der Waals surface area (Å²) >= 11 is 0. The van der Waals surface area contributed by atoms with Crippen molar-refractivity contribution in [3.8, 4) is 5.88 Å². The average molecular weight is 292 g/mol. The van der Waals surface area contributed by atoms with E-state index in [1.54, 1.807) is 6.33 Å². The molecule has 4 aromatic rings. The van der Waals surface area contributed by atoms with Crippen LogP contribution in [0.4, 0.5) is 5.95 Å². The molecule has 0 spiro atoms. The van der Waals surface area contributed by atoms with Crippen LogP contribution in [0.15, 0.2) is 48.8 Å². The van der Waals surface area contributed by atoms with Gasteiger partial charge in [-0.15, -0.1) is 0 Å². The van der Waals surface area contributed by atoms with Crippen molar-refractivity contribution in [2.24, 2.45) is 0 Å². The summed E-state index contributed by atoms with van der Waals surface area (Å²) in [7, 11) is 0. The lowest BCUT2D eigenvalue weighted by molar-refractivity contribution is -0.380. The number of aromatic nitrogens is 4. The van der Waals surface area contributed by atoms with Gasteiger partial charge >= 0.3 is 5.95 Å². The molecule has 2 aromatic heterocycles. The number of anilines is 1. The predicted octanol–water partition coefficient (Wildman–Crippen LogP) is 2.09.